The van der Waals surface area contributed by atoms with Crippen molar-refractivity contribution in [3.05, 3.63) is 54.2 Å². The highest BCUT2D eigenvalue weighted by Crippen LogP contribution is 2.23. The van der Waals surface area contributed by atoms with Crippen molar-refractivity contribution in [2.24, 2.45) is 0 Å². The molecule has 8 nitrogen and oxygen atoms in total. The first-order valence-corrected chi connectivity index (χ1v) is 7.95. The van der Waals surface area contributed by atoms with Crippen LogP contribution < -0.4 is 10.9 Å². The number of nitrogens with one attached hydrogen (secondary N) is 2. The fraction of sp³-hybridized carbons (Fsp3) is 0.0667. The molecule has 2 N–H and O–H groups in total. The number of rotatable bonds is 5. The molecular weight excluding hydrogens is 351 g/mol. The Morgan fingerprint density at radius 2 is 1.92 bits per heavy atom. The smallest absolute Gasteiger partial charge is 0.305 e. The predicted octanol–water partition coefficient (Wildman–Crippen LogP) is 2.02. The summed E-state index contributed by atoms with van der Waals surface area (Å²) in [6.45, 7) is 0. The Labute approximate surface area is 144 Å². The van der Waals surface area contributed by atoms with Crippen molar-refractivity contribution in [2.45, 2.75) is 5.22 Å². The van der Waals surface area contributed by atoms with E-state index in [9.17, 15) is 14.0 Å². The van der Waals surface area contributed by atoms with Gasteiger partial charge in [0.2, 0.25) is 11.8 Å². The maximum Gasteiger partial charge on any atom is 0.305 e. The molecular formula is C15H11FN4O4S. The Balaban J connectivity index is 1.48. The number of benzene rings is 1. The second kappa shape index (κ2) is 7.62. The van der Waals surface area contributed by atoms with E-state index in [1.54, 1.807) is 6.07 Å². The number of hydrogen-bond acceptors (Lipinski definition) is 7. The highest BCUT2D eigenvalue weighted by Gasteiger charge is 2.13. The summed E-state index contributed by atoms with van der Waals surface area (Å²) in [4.78, 5) is 23.3. The SMILES string of the molecule is O=C(CSc1nnc(-c2ccc(F)cc2)o1)NNC(=O)c1ccco1. The average Bonchev–Trinajstić information content (AvgIpc) is 3.30. The van der Waals surface area contributed by atoms with Gasteiger partial charge in [0.25, 0.3) is 5.22 Å². The third-order valence-corrected chi connectivity index (χ3v) is 3.70. The topological polar surface area (TPSA) is 110 Å². The lowest BCUT2D eigenvalue weighted by Gasteiger charge is -2.04. The van der Waals surface area contributed by atoms with Crippen LogP contribution in [0.25, 0.3) is 11.5 Å². The maximum absolute atomic E-state index is 12.9. The van der Waals surface area contributed by atoms with Gasteiger partial charge < -0.3 is 8.83 Å². The summed E-state index contributed by atoms with van der Waals surface area (Å²) in [6.07, 6.45) is 1.35. The Morgan fingerprint density at radius 3 is 2.64 bits per heavy atom. The van der Waals surface area contributed by atoms with Crippen LogP contribution in [0, 0.1) is 5.82 Å². The summed E-state index contributed by atoms with van der Waals surface area (Å²) < 4.78 is 23.1. The number of hydrazine groups is 1. The van der Waals surface area contributed by atoms with Gasteiger partial charge in [0.1, 0.15) is 5.82 Å². The molecule has 0 atom stereocenters. The fourth-order valence-corrected chi connectivity index (χ4v) is 2.30. The van der Waals surface area contributed by atoms with Crippen molar-refractivity contribution in [3.8, 4) is 11.5 Å². The minimum absolute atomic E-state index is 0.0521. The molecule has 0 aliphatic rings. The Bertz CT molecular complexity index is 864. The van der Waals surface area contributed by atoms with Gasteiger partial charge in [-0.1, -0.05) is 11.8 Å². The highest BCUT2D eigenvalue weighted by molar-refractivity contribution is 7.99. The van der Waals surface area contributed by atoms with E-state index in [2.05, 4.69) is 21.0 Å². The van der Waals surface area contributed by atoms with Gasteiger partial charge in [0.15, 0.2) is 5.76 Å². The summed E-state index contributed by atoms with van der Waals surface area (Å²) in [6, 6.07) is 8.60. The predicted molar refractivity (Wildman–Crippen MR) is 84.7 cm³/mol. The second-order valence-electron chi connectivity index (χ2n) is 4.65. The molecule has 10 heteroatoms. The van der Waals surface area contributed by atoms with Gasteiger partial charge in [0, 0.05) is 5.56 Å². The average molecular weight is 362 g/mol. The maximum atomic E-state index is 12.9. The summed E-state index contributed by atoms with van der Waals surface area (Å²) in [5.74, 6) is -1.16. The van der Waals surface area contributed by atoms with Crippen molar-refractivity contribution in [3.63, 3.8) is 0 Å². The van der Waals surface area contributed by atoms with Crippen LogP contribution in [0.3, 0.4) is 0 Å². The Kier molecular flexibility index (Phi) is 5.09. The molecule has 3 aromatic rings. The number of hydrogen-bond donors (Lipinski definition) is 2. The van der Waals surface area contributed by atoms with Crippen LogP contribution in [0.2, 0.25) is 0 Å². The fourth-order valence-electron chi connectivity index (χ4n) is 1.74. The number of carbonyl (C=O) groups excluding carboxylic acids is 2. The highest BCUT2D eigenvalue weighted by atomic mass is 32.2. The number of carbonyl (C=O) groups is 2. The standard InChI is InChI=1S/C15H11FN4O4S/c16-10-5-3-9(4-6-10)14-19-20-15(24-14)25-8-12(21)17-18-13(22)11-2-1-7-23-11/h1-7H,8H2,(H,17,21)(H,18,22). The van der Waals surface area contributed by atoms with E-state index in [1.807, 2.05) is 0 Å². The van der Waals surface area contributed by atoms with Gasteiger partial charge in [-0.05, 0) is 36.4 Å². The summed E-state index contributed by atoms with van der Waals surface area (Å²) in [5.41, 5.74) is 5.01. The van der Waals surface area contributed by atoms with Crippen LogP contribution in [-0.4, -0.2) is 27.8 Å². The third-order valence-electron chi connectivity index (χ3n) is 2.88. The van der Waals surface area contributed by atoms with E-state index in [0.29, 0.717) is 5.56 Å². The number of thioether (sulfide) groups is 1. The van der Waals surface area contributed by atoms with E-state index >= 15 is 0 Å². The van der Waals surface area contributed by atoms with Crippen LogP contribution in [0.1, 0.15) is 10.6 Å². The van der Waals surface area contributed by atoms with Crippen molar-refractivity contribution < 1.29 is 22.8 Å². The van der Waals surface area contributed by atoms with Gasteiger partial charge in [-0.25, -0.2) is 4.39 Å². The van der Waals surface area contributed by atoms with Crippen LogP contribution >= 0.6 is 11.8 Å². The van der Waals surface area contributed by atoms with Gasteiger partial charge in [-0.3, -0.25) is 20.4 Å². The molecule has 25 heavy (non-hydrogen) atoms. The molecule has 1 aromatic carbocycles. The molecule has 2 aromatic heterocycles. The zero-order valence-corrected chi connectivity index (χ0v) is 13.4. The molecule has 0 saturated carbocycles. The van der Waals surface area contributed by atoms with Crippen molar-refractivity contribution in [2.75, 3.05) is 5.75 Å². The molecule has 0 saturated heterocycles. The van der Waals surface area contributed by atoms with Gasteiger partial charge in [0.05, 0.1) is 12.0 Å². The summed E-state index contributed by atoms with van der Waals surface area (Å²) in [5, 5.41) is 7.79. The molecule has 0 aliphatic heterocycles. The van der Waals surface area contributed by atoms with E-state index in [4.69, 9.17) is 8.83 Å². The molecule has 0 radical (unpaired) electrons. The lowest BCUT2D eigenvalue weighted by molar-refractivity contribution is -0.119. The number of aromatic nitrogens is 2. The first-order valence-electron chi connectivity index (χ1n) is 6.97. The van der Waals surface area contributed by atoms with Gasteiger partial charge >= 0.3 is 5.91 Å². The quantitative estimate of drug-likeness (QED) is 0.528. The van der Waals surface area contributed by atoms with Crippen molar-refractivity contribution in [1.29, 1.82) is 0 Å². The van der Waals surface area contributed by atoms with Crippen LogP contribution in [0.5, 0.6) is 0 Å². The first kappa shape index (κ1) is 16.7. The number of amides is 2. The molecule has 2 amide bonds. The third kappa shape index (κ3) is 4.44. The Morgan fingerprint density at radius 1 is 1.12 bits per heavy atom. The number of furan rings is 1. The minimum atomic E-state index is -0.570. The normalized spacial score (nSPS) is 10.4. The molecule has 128 valence electrons. The summed E-state index contributed by atoms with van der Waals surface area (Å²) in [7, 11) is 0. The molecule has 0 aliphatic carbocycles. The van der Waals surface area contributed by atoms with E-state index < -0.39 is 11.8 Å². The molecule has 0 fully saturated rings. The molecule has 2 heterocycles. The monoisotopic (exact) mass is 362 g/mol. The zero-order valence-electron chi connectivity index (χ0n) is 12.6. The number of nitrogens with zero attached hydrogens (tertiary/aromatic N) is 2. The first-order chi connectivity index (χ1) is 12.1. The summed E-state index contributed by atoms with van der Waals surface area (Å²) >= 11 is 0.995. The van der Waals surface area contributed by atoms with Gasteiger partial charge in [-0.2, -0.15) is 0 Å². The van der Waals surface area contributed by atoms with Crippen LogP contribution in [0.4, 0.5) is 4.39 Å². The molecule has 0 bridgehead atoms. The van der Waals surface area contributed by atoms with Crippen LogP contribution in [-0.2, 0) is 4.79 Å². The van der Waals surface area contributed by atoms with E-state index in [-0.39, 0.29) is 28.4 Å². The van der Waals surface area contributed by atoms with E-state index in [0.717, 1.165) is 11.8 Å². The van der Waals surface area contributed by atoms with Crippen molar-refractivity contribution >= 4 is 23.6 Å². The van der Waals surface area contributed by atoms with Gasteiger partial charge in [-0.15, -0.1) is 10.2 Å². The Hall–Kier alpha value is -3.14. The molecule has 3 rings (SSSR count). The van der Waals surface area contributed by atoms with E-state index in [1.165, 1.54) is 36.6 Å². The second-order valence-corrected chi connectivity index (χ2v) is 5.57. The largest absolute Gasteiger partial charge is 0.459 e. The van der Waals surface area contributed by atoms with Crippen LogP contribution in [0.15, 0.2) is 56.7 Å². The minimum Gasteiger partial charge on any atom is -0.459 e. The molecule has 0 spiro atoms. The van der Waals surface area contributed by atoms with Crippen molar-refractivity contribution in [1.82, 2.24) is 21.0 Å². The number of halogens is 1. The lowest BCUT2D eigenvalue weighted by Crippen LogP contribution is -2.42. The lowest BCUT2D eigenvalue weighted by atomic mass is 10.2. The molecule has 0 unspecified atom stereocenters. The zero-order chi connectivity index (χ0) is 17.6.